The van der Waals surface area contributed by atoms with E-state index >= 15 is 0 Å². The minimum atomic E-state index is -0.510. The number of nitrogens with zero attached hydrogens (tertiary/aromatic N) is 4. The van der Waals surface area contributed by atoms with E-state index in [9.17, 15) is 9.59 Å². The van der Waals surface area contributed by atoms with Crippen molar-refractivity contribution in [3.05, 3.63) is 65.5 Å². The maximum Gasteiger partial charge on any atom is 0.281 e. The van der Waals surface area contributed by atoms with Gasteiger partial charge in [-0.05, 0) is 59.0 Å². The first-order valence-electron chi connectivity index (χ1n) is 7.30. The van der Waals surface area contributed by atoms with Crippen LogP contribution in [0.15, 0.2) is 48.5 Å². The lowest BCUT2D eigenvalue weighted by molar-refractivity contribution is 0.0915. The summed E-state index contributed by atoms with van der Waals surface area (Å²) in [6.07, 6.45) is 0. The van der Waals surface area contributed by atoms with Gasteiger partial charge in [-0.15, -0.1) is 17.5 Å². The molecule has 26 heavy (non-hydrogen) atoms. The number of methoxy groups -OCH3 is 2. The van der Waals surface area contributed by atoms with Gasteiger partial charge in [-0.1, -0.05) is 0 Å². The summed E-state index contributed by atoms with van der Waals surface area (Å²) in [5, 5.41) is 10.8. The van der Waals surface area contributed by atoms with Crippen LogP contribution in [-0.4, -0.2) is 46.1 Å². The monoisotopic (exact) mass is 374 g/mol. The molecule has 134 valence electrons. The van der Waals surface area contributed by atoms with Gasteiger partial charge in [0.25, 0.3) is 5.91 Å². The second kappa shape index (κ2) is 8.21. The largest absolute Gasteiger partial charge is 0.497 e. The second-order valence-corrected chi connectivity index (χ2v) is 5.01. The fraction of sp³-hybridized carbons (Fsp3) is 0.118. The SMILES string of the molecule is COc1ccc(C(=O)c2nnnn2C(=O)c2ccc(OC)cc2)cc1.Cl. The Kier molecular flexibility index (Phi) is 6.03. The molecule has 0 saturated heterocycles. The second-order valence-electron chi connectivity index (χ2n) is 5.01. The predicted octanol–water partition coefficient (Wildman–Crippen LogP) is 2.03. The number of carbonyl (C=O) groups is 2. The van der Waals surface area contributed by atoms with Crippen molar-refractivity contribution in [3.63, 3.8) is 0 Å². The summed E-state index contributed by atoms with van der Waals surface area (Å²) in [5.74, 6) is 0.0956. The number of hydrogen-bond acceptors (Lipinski definition) is 7. The highest BCUT2D eigenvalue weighted by atomic mass is 35.5. The van der Waals surface area contributed by atoms with Gasteiger partial charge < -0.3 is 9.47 Å². The zero-order chi connectivity index (χ0) is 17.8. The Morgan fingerprint density at radius 3 is 1.85 bits per heavy atom. The minimum absolute atomic E-state index is 0. The van der Waals surface area contributed by atoms with Gasteiger partial charge in [0.2, 0.25) is 11.6 Å². The minimum Gasteiger partial charge on any atom is -0.497 e. The molecular formula is C17H15ClN4O4. The van der Waals surface area contributed by atoms with Crippen molar-refractivity contribution >= 4 is 24.1 Å². The Balaban J connectivity index is 0.00000243. The Morgan fingerprint density at radius 1 is 0.846 bits per heavy atom. The molecule has 0 N–H and O–H groups in total. The number of aromatic nitrogens is 4. The molecule has 0 aliphatic rings. The summed E-state index contributed by atoms with van der Waals surface area (Å²) in [5.41, 5.74) is 0.677. The number of benzene rings is 2. The van der Waals surface area contributed by atoms with Gasteiger partial charge in [0.15, 0.2) is 0 Å². The molecule has 0 aliphatic heterocycles. The van der Waals surface area contributed by atoms with Crippen LogP contribution in [0.4, 0.5) is 0 Å². The number of ether oxygens (including phenoxy) is 2. The van der Waals surface area contributed by atoms with Gasteiger partial charge in [0, 0.05) is 11.1 Å². The number of ketones is 1. The van der Waals surface area contributed by atoms with Crippen molar-refractivity contribution in [3.8, 4) is 11.5 Å². The molecule has 0 aliphatic carbocycles. The molecule has 1 aromatic heterocycles. The molecule has 0 spiro atoms. The van der Waals surface area contributed by atoms with E-state index in [4.69, 9.17) is 9.47 Å². The maximum absolute atomic E-state index is 12.6. The van der Waals surface area contributed by atoms with Gasteiger partial charge in [0.05, 0.1) is 14.2 Å². The highest BCUT2D eigenvalue weighted by Crippen LogP contribution is 2.16. The molecule has 3 aromatic rings. The lowest BCUT2D eigenvalue weighted by Crippen LogP contribution is -2.20. The van der Waals surface area contributed by atoms with Gasteiger partial charge in [0.1, 0.15) is 11.5 Å². The van der Waals surface area contributed by atoms with Crippen LogP contribution in [0.3, 0.4) is 0 Å². The third kappa shape index (κ3) is 3.70. The zero-order valence-corrected chi connectivity index (χ0v) is 14.8. The smallest absolute Gasteiger partial charge is 0.281 e. The molecule has 0 bridgehead atoms. The Morgan fingerprint density at radius 2 is 1.35 bits per heavy atom. The standard InChI is InChI=1S/C17H14N4O4.ClH/c1-24-13-7-3-11(4-8-13)15(22)16-18-19-20-21(16)17(23)12-5-9-14(25-2)10-6-12;/h3-10H,1-2H3;1H. The molecular weight excluding hydrogens is 360 g/mol. The molecule has 0 fully saturated rings. The highest BCUT2D eigenvalue weighted by molar-refractivity contribution is 6.09. The van der Waals surface area contributed by atoms with E-state index in [-0.39, 0.29) is 18.2 Å². The summed E-state index contributed by atoms with van der Waals surface area (Å²) < 4.78 is 11.0. The Bertz CT molecular complexity index is 833. The van der Waals surface area contributed by atoms with Gasteiger partial charge >= 0.3 is 0 Å². The summed E-state index contributed by atoms with van der Waals surface area (Å²) in [4.78, 5) is 25.2. The third-order valence-electron chi connectivity index (χ3n) is 3.55. The lowest BCUT2D eigenvalue weighted by Gasteiger charge is -2.05. The molecule has 0 unspecified atom stereocenters. The topological polar surface area (TPSA) is 96.2 Å². The molecule has 0 saturated carbocycles. The number of rotatable bonds is 5. The van der Waals surface area contributed by atoms with Gasteiger partial charge in [-0.3, -0.25) is 9.59 Å². The fourth-order valence-corrected chi connectivity index (χ4v) is 2.19. The van der Waals surface area contributed by atoms with Crippen LogP contribution in [0.2, 0.25) is 0 Å². The van der Waals surface area contributed by atoms with Crippen LogP contribution in [0, 0.1) is 0 Å². The molecule has 3 rings (SSSR count). The van der Waals surface area contributed by atoms with E-state index < -0.39 is 11.7 Å². The summed E-state index contributed by atoms with van der Waals surface area (Å²) >= 11 is 0. The number of hydrogen-bond donors (Lipinski definition) is 0. The summed E-state index contributed by atoms with van der Waals surface area (Å²) in [7, 11) is 3.06. The predicted molar refractivity (Wildman–Crippen MR) is 94.2 cm³/mol. The zero-order valence-electron chi connectivity index (χ0n) is 13.9. The average molecular weight is 375 g/mol. The van der Waals surface area contributed by atoms with E-state index in [1.54, 1.807) is 48.5 Å². The molecule has 8 nitrogen and oxygen atoms in total. The molecule has 1 heterocycles. The number of tetrazole rings is 1. The van der Waals surface area contributed by atoms with E-state index in [1.807, 2.05) is 0 Å². The average Bonchev–Trinajstić information content (AvgIpc) is 3.16. The number of carbonyl (C=O) groups excluding carboxylic acids is 2. The van der Waals surface area contributed by atoms with Crippen LogP contribution in [0.5, 0.6) is 11.5 Å². The van der Waals surface area contributed by atoms with Gasteiger partial charge in [-0.2, -0.15) is 4.68 Å². The molecule has 0 amide bonds. The molecule has 0 atom stereocenters. The maximum atomic E-state index is 12.6. The van der Waals surface area contributed by atoms with Crippen LogP contribution in [0.25, 0.3) is 0 Å². The first-order valence-corrected chi connectivity index (χ1v) is 7.30. The van der Waals surface area contributed by atoms with Crippen molar-refractivity contribution < 1.29 is 19.1 Å². The number of halogens is 1. The van der Waals surface area contributed by atoms with Crippen molar-refractivity contribution in [1.29, 1.82) is 0 Å². The Labute approximate surface area is 155 Å². The van der Waals surface area contributed by atoms with Crippen LogP contribution >= 0.6 is 12.4 Å². The fourth-order valence-electron chi connectivity index (χ4n) is 2.19. The summed E-state index contributed by atoms with van der Waals surface area (Å²) in [6, 6.07) is 12.9. The summed E-state index contributed by atoms with van der Waals surface area (Å²) in [6.45, 7) is 0. The molecule has 9 heteroatoms. The third-order valence-corrected chi connectivity index (χ3v) is 3.55. The van der Waals surface area contributed by atoms with Crippen molar-refractivity contribution in [2.75, 3.05) is 14.2 Å². The van der Waals surface area contributed by atoms with Crippen LogP contribution in [0.1, 0.15) is 26.5 Å². The quantitative estimate of drug-likeness (QED) is 0.498. The first-order chi connectivity index (χ1) is 12.1. The van der Waals surface area contributed by atoms with E-state index in [0.717, 1.165) is 4.68 Å². The Hall–Kier alpha value is -3.26. The van der Waals surface area contributed by atoms with Crippen LogP contribution < -0.4 is 9.47 Å². The molecule has 0 radical (unpaired) electrons. The van der Waals surface area contributed by atoms with Gasteiger partial charge in [-0.25, -0.2) is 0 Å². The molecule has 2 aromatic carbocycles. The first kappa shape index (κ1) is 19.1. The van der Waals surface area contributed by atoms with E-state index in [2.05, 4.69) is 15.5 Å². The highest BCUT2D eigenvalue weighted by Gasteiger charge is 2.22. The van der Waals surface area contributed by atoms with Crippen molar-refractivity contribution in [1.82, 2.24) is 20.2 Å². The van der Waals surface area contributed by atoms with E-state index in [1.165, 1.54) is 14.2 Å². The van der Waals surface area contributed by atoms with E-state index in [0.29, 0.717) is 22.6 Å². The van der Waals surface area contributed by atoms with Crippen molar-refractivity contribution in [2.45, 2.75) is 0 Å². The normalized spacial score (nSPS) is 9.92. The van der Waals surface area contributed by atoms with Crippen molar-refractivity contribution in [2.24, 2.45) is 0 Å². The van der Waals surface area contributed by atoms with Crippen LogP contribution in [-0.2, 0) is 0 Å². The lowest BCUT2D eigenvalue weighted by atomic mass is 10.1.